The van der Waals surface area contributed by atoms with E-state index >= 15 is 0 Å². The summed E-state index contributed by atoms with van der Waals surface area (Å²) < 4.78 is 5.72. The average Bonchev–Trinajstić information content (AvgIpc) is 3.12. The van der Waals surface area contributed by atoms with Crippen LogP contribution < -0.4 is 20.7 Å². The van der Waals surface area contributed by atoms with E-state index < -0.39 is 6.03 Å². The van der Waals surface area contributed by atoms with E-state index in [1.165, 1.54) is 11.1 Å². The van der Waals surface area contributed by atoms with Gasteiger partial charge in [-0.05, 0) is 36.4 Å². The second-order valence-corrected chi connectivity index (χ2v) is 6.40. The zero-order valence-electron chi connectivity index (χ0n) is 15.5. The number of nitrogens with one attached hydrogen (secondary N) is 1. The van der Waals surface area contributed by atoms with E-state index in [1.807, 2.05) is 30.3 Å². The van der Waals surface area contributed by atoms with Gasteiger partial charge in [0.05, 0.1) is 12.7 Å². The zero-order valence-corrected chi connectivity index (χ0v) is 15.5. The van der Waals surface area contributed by atoms with Crippen molar-refractivity contribution in [2.45, 2.75) is 0 Å². The minimum absolute atomic E-state index is 0.312. The number of carbonyl (C=O) groups excluding carboxylic acids is 2. The molecule has 3 N–H and O–H groups in total. The molecule has 1 saturated heterocycles. The summed E-state index contributed by atoms with van der Waals surface area (Å²) in [6.07, 6.45) is 1.52. The van der Waals surface area contributed by atoms with Crippen molar-refractivity contribution < 1.29 is 14.3 Å². The van der Waals surface area contributed by atoms with E-state index in [0.29, 0.717) is 36.1 Å². The molecule has 3 aromatic rings. The fourth-order valence-corrected chi connectivity index (χ4v) is 2.99. The molecule has 2 aromatic carbocycles. The summed E-state index contributed by atoms with van der Waals surface area (Å²) in [4.78, 5) is 32.0. The van der Waals surface area contributed by atoms with Crippen molar-refractivity contribution in [2.75, 3.05) is 29.0 Å². The van der Waals surface area contributed by atoms with E-state index in [9.17, 15) is 9.59 Å². The zero-order chi connectivity index (χ0) is 20.2. The van der Waals surface area contributed by atoms with Crippen LogP contribution in [0.25, 0.3) is 0 Å². The number of ether oxygens (including phenoxy) is 1. The van der Waals surface area contributed by atoms with Crippen LogP contribution in [0.2, 0.25) is 0 Å². The van der Waals surface area contributed by atoms with Crippen molar-refractivity contribution in [3.63, 3.8) is 0 Å². The van der Waals surface area contributed by atoms with Crippen molar-refractivity contribution in [3.8, 4) is 11.5 Å². The Balaban J connectivity index is 1.42. The van der Waals surface area contributed by atoms with Gasteiger partial charge in [0, 0.05) is 24.0 Å². The summed E-state index contributed by atoms with van der Waals surface area (Å²) in [6.45, 7) is 0.760. The number of hydrogen-bond acceptors (Lipinski definition) is 5. The highest BCUT2D eigenvalue weighted by molar-refractivity contribution is 6.08. The van der Waals surface area contributed by atoms with E-state index in [0.717, 1.165) is 5.69 Å². The van der Waals surface area contributed by atoms with Gasteiger partial charge in [0.1, 0.15) is 17.3 Å². The van der Waals surface area contributed by atoms with E-state index in [2.05, 4.69) is 10.3 Å². The Morgan fingerprint density at radius 1 is 1.00 bits per heavy atom. The monoisotopic (exact) mass is 389 g/mol. The highest BCUT2D eigenvalue weighted by Gasteiger charge is 2.34. The first-order valence-electron chi connectivity index (χ1n) is 9.05. The number of pyridine rings is 1. The molecule has 1 aliphatic rings. The Hall–Kier alpha value is -4.07. The van der Waals surface area contributed by atoms with Gasteiger partial charge in [0.2, 0.25) is 0 Å². The Morgan fingerprint density at radius 3 is 2.59 bits per heavy atom. The molecule has 0 spiro atoms. The molecule has 8 nitrogen and oxygen atoms in total. The number of aromatic nitrogens is 1. The second kappa shape index (κ2) is 7.89. The molecule has 2 heterocycles. The second-order valence-electron chi connectivity index (χ2n) is 6.40. The molecule has 1 fully saturated rings. The number of urea groups is 2. The van der Waals surface area contributed by atoms with Crippen LogP contribution in [0.3, 0.4) is 0 Å². The SMILES string of the molecule is Nc1ccc(Oc2cccc(NC(=O)N3CCN(c4ccccc4)C3=O)c2)cn1. The lowest BCUT2D eigenvalue weighted by atomic mass is 10.3. The van der Waals surface area contributed by atoms with Crippen molar-refractivity contribution in [1.29, 1.82) is 0 Å². The molecule has 4 amide bonds. The predicted octanol–water partition coefficient (Wildman–Crippen LogP) is 3.93. The van der Waals surface area contributed by atoms with Crippen molar-refractivity contribution in [3.05, 3.63) is 72.9 Å². The third-order valence-electron chi connectivity index (χ3n) is 4.40. The normalized spacial score (nSPS) is 13.4. The van der Waals surface area contributed by atoms with Crippen LogP contribution in [0.15, 0.2) is 72.9 Å². The van der Waals surface area contributed by atoms with Gasteiger partial charge < -0.3 is 15.8 Å². The fraction of sp³-hybridized carbons (Fsp3) is 0.0952. The van der Waals surface area contributed by atoms with Gasteiger partial charge >= 0.3 is 12.1 Å². The predicted molar refractivity (Wildman–Crippen MR) is 110 cm³/mol. The van der Waals surface area contributed by atoms with Crippen LogP contribution >= 0.6 is 0 Å². The molecule has 146 valence electrons. The van der Waals surface area contributed by atoms with Gasteiger partial charge in [-0.25, -0.2) is 19.5 Å². The molecule has 4 rings (SSSR count). The number of benzene rings is 2. The fourth-order valence-electron chi connectivity index (χ4n) is 2.99. The minimum Gasteiger partial charge on any atom is -0.456 e. The number of nitrogens with zero attached hydrogens (tertiary/aromatic N) is 3. The topological polar surface area (TPSA) is 101 Å². The number of imide groups is 1. The van der Waals surface area contributed by atoms with Crippen molar-refractivity contribution in [1.82, 2.24) is 9.88 Å². The molecular weight excluding hydrogens is 370 g/mol. The Bertz CT molecular complexity index is 1020. The molecule has 29 heavy (non-hydrogen) atoms. The van der Waals surface area contributed by atoms with Crippen LogP contribution in [0.5, 0.6) is 11.5 Å². The molecule has 0 saturated carbocycles. The molecule has 0 radical (unpaired) electrons. The maximum absolute atomic E-state index is 12.6. The average molecular weight is 389 g/mol. The molecule has 0 unspecified atom stereocenters. The Labute approximate surface area is 167 Å². The number of amides is 4. The molecule has 1 aliphatic heterocycles. The van der Waals surface area contributed by atoms with Gasteiger partial charge in [-0.1, -0.05) is 24.3 Å². The number of para-hydroxylation sites is 1. The van der Waals surface area contributed by atoms with E-state index in [-0.39, 0.29) is 6.03 Å². The van der Waals surface area contributed by atoms with Crippen LogP contribution in [0, 0.1) is 0 Å². The number of rotatable bonds is 4. The number of carbonyl (C=O) groups is 2. The standard InChI is InChI=1S/C21H19N5O3/c22-19-10-9-18(14-23-19)29-17-8-4-5-15(13-17)24-20(27)26-12-11-25(21(26)28)16-6-2-1-3-7-16/h1-10,13-14H,11-12H2,(H2,22,23)(H,24,27). The van der Waals surface area contributed by atoms with Crippen LogP contribution in [-0.4, -0.2) is 35.0 Å². The van der Waals surface area contributed by atoms with Crippen molar-refractivity contribution in [2.24, 2.45) is 0 Å². The Kier molecular flexibility index (Phi) is 4.98. The first kappa shape index (κ1) is 18.3. The summed E-state index contributed by atoms with van der Waals surface area (Å²) in [5.74, 6) is 1.45. The lowest BCUT2D eigenvalue weighted by molar-refractivity contribution is 0.209. The number of nitrogens with two attached hydrogens (primary N) is 1. The van der Waals surface area contributed by atoms with Gasteiger partial charge in [-0.3, -0.25) is 4.90 Å². The maximum Gasteiger partial charge on any atom is 0.332 e. The van der Waals surface area contributed by atoms with Gasteiger partial charge in [-0.2, -0.15) is 0 Å². The molecular formula is C21H19N5O3. The molecule has 1 aromatic heterocycles. The molecule has 0 aliphatic carbocycles. The highest BCUT2D eigenvalue weighted by atomic mass is 16.5. The number of hydrogen-bond donors (Lipinski definition) is 2. The third kappa shape index (κ3) is 4.11. The minimum atomic E-state index is -0.486. The summed E-state index contributed by atoms with van der Waals surface area (Å²) in [6, 6.07) is 18.7. The summed E-state index contributed by atoms with van der Waals surface area (Å²) in [5.41, 5.74) is 6.85. The molecule has 8 heteroatoms. The van der Waals surface area contributed by atoms with Gasteiger partial charge in [-0.15, -0.1) is 0 Å². The lowest BCUT2D eigenvalue weighted by Gasteiger charge is -2.18. The first-order chi connectivity index (χ1) is 14.1. The maximum atomic E-state index is 12.6. The van der Waals surface area contributed by atoms with Crippen LogP contribution in [0.1, 0.15) is 0 Å². The Morgan fingerprint density at radius 2 is 1.83 bits per heavy atom. The highest BCUT2D eigenvalue weighted by Crippen LogP contribution is 2.25. The van der Waals surface area contributed by atoms with Gasteiger partial charge in [0.25, 0.3) is 0 Å². The van der Waals surface area contributed by atoms with Gasteiger partial charge in [0.15, 0.2) is 0 Å². The lowest BCUT2D eigenvalue weighted by Crippen LogP contribution is -2.39. The third-order valence-corrected chi connectivity index (χ3v) is 4.40. The van der Waals surface area contributed by atoms with Crippen LogP contribution in [0.4, 0.5) is 26.8 Å². The number of nitrogen functional groups attached to an aromatic ring is 1. The quantitative estimate of drug-likeness (QED) is 0.704. The smallest absolute Gasteiger partial charge is 0.332 e. The summed E-state index contributed by atoms with van der Waals surface area (Å²) in [7, 11) is 0. The van der Waals surface area contributed by atoms with Crippen LogP contribution in [-0.2, 0) is 0 Å². The number of anilines is 3. The van der Waals surface area contributed by atoms with Crippen molar-refractivity contribution >= 4 is 29.3 Å². The summed E-state index contributed by atoms with van der Waals surface area (Å²) in [5, 5.41) is 2.75. The first-order valence-corrected chi connectivity index (χ1v) is 9.05. The largest absolute Gasteiger partial charge is 0.456 e. The molecule has 0 bridgehead atoms. The van der Waals surface area contributed by atoms with E-state index in [1.54, 1.807) is 41.3 Å². The molecule has 0 atom stereocenters. The summed E-state index contributed by atoms with van der Waals surface area (Å²) >= 11 is 0. The van der Waals surface area contributed by atoms with E-state index in [4.69, 9.17) is 10.5 Å².